The molecule has 2 atom stereocenters. The first-order valence-electron chi connectivity index (χ1n) is 10.0. The fourth-order valence-corrected chi connectivity index (χ4v) is 3.00. The largest absolute Gasteiger partial charge is 0.444 e. The highest BCUT2D eigenvalue weighted by atomic mass is 16.6. The minimum absolute atomic E-state index is 0.0334. The number of benzene rings is 2. The van der Waals surface area contributed by atoms with E-state index in [0.717, 1.165) is 12.0 Å². The summed E-state index contributed by atoms with van der Waals surface area (Å²) in [6, 6.07) is 18.6. The average Bonchev–Trinajstić information content (AvgIpc) is 3.14. The van der Waals surface area contributed by atoms with Crippen LogP contribution in [0.25, 0.3) is 0 Å². The van der Waals surface area contributed by atoms with Gasteiger partial charge in [-0.1, -0.05) is 60.7 Å². The number of carbonyl (C=O) groups excluding carboxylic acids is 2. The van der Waals surface area contributed by atoms with Crippen LogP contribution >= 0.6 is 0 Å². The molecule has 7 nitrogen and oxygen atoms in total. The monoisotopic (exact) mass is 413 g/mol. The van der Waals surface area contributed by atoms with Crippen LogP contribution in [-0.2, 0) is 36.8 Å². The summed E-state index contributed by atoms with van der Waals surface area (Å²) in [6.07, 6.45) is 0.0799. The molecule has 0 N–H and O–H groups in total. The van der Waals surface area contributed by atoms with Crippen molar-refractivity contribution in [2.45, 2.75) is 32.1 Å². The highest BCUT2D eigenvalue weighted by Gasteiger charge is 2.39. The molecule has 1 heterocycles. The molecule has 0 aliphatic carbocycles. The topological polar surface area (TPSA) is 74.3 Å². The number of amides is 1. The molecular weight excluding hydrogens is 386 g/mol. The standard InChI is InChI=1S/C23H27NO6/c1-18(28-13-12-19-8-4-2-5-9-19)14-27-16-21-22(25)30-17-24(21)23(26)29-15-20-10-6-3-7-11-20/h2-11,18,21H,12-17H2,1H3. The van der Waals surface area contributed by atoms with Gasteiger partial charge in [0.25, 0.3) is 0 Å². The summed E-state index contributed by atoms with van der Waals surface area (Å²) >= 11 is 0. The number of ether oxygens (including phenoxy) is 4. The lowest BCUT2D eigenvalue weighted by molar-refractivity contribution is -0.140. The summed E-state index contributed by atoms with van der Waals surface area (Å²) in [7, 11) is 0. The zero-order valence-corrected chi connectivity index (χ0v) is 17.1. The van der Waals surface area contributed by atoms with E-state index in [2.05, 4.69) is 12.1 Å². The van der Waals surface area contributed by atoms with Gasteiger partial charge in [0, 0.05) is 0 Å². The smallest absolute Gasteiger partial charge is 0.413 e. The molecule has 0 spiro atoms. The van der Waals surface area contributed by atoms with Crippen LogP contribution in [0.15, 0.2) is 60.7 Å². The second kappa shape index (κ2) is 11.3. The molecule has 160 valence electrons. The van der Waals surface area contributed by atoms with Gasteiger partial charge < -0.3 is 18.9 Å². The van der Waals surface area contributed by atoms with E-state index in [1.165, 1.54) is 10.5 Å². The summed E-state index contributed by atoms with van der Waals surface area (Å²) in [6.45, 7) is 2.83. The fraction of sp³-hybridized carbons (Fsp3) is 0.391. The zero-order valence-electron chi connectivity index (χ0n) is 17.1. The molecule has 1 saturated heterocycles. The first-order valence-corrected chi connectivity index (χ1v) is 10.0. The molecule has 3 rings (SSSR count). The van der Waals surface area contributed by atoms with Crippen molar-refractivity contribution in [3.05, 3.63) is 71.8 Å². The highest BCUT2D eigenvalue weighted by molar-refractivity contribution is 5.83. The van der Waals surface area contributed by atoms with Crippen LogP contribution in [0.1, 0.15) is 18.1 Å². The van der Waals surface area contributed by atoms with Crippen molar-refractivity contribution in [3.63, 3.8) is 0 Å². The van der Waals surface area contributed by atoms with Crippen molar-refractivity contribution in [2.75, 3.05) is 26.6 Å². The molecule has 1 fully saturated rings. The molecule has 30 heavy (non-hydrogen) atoms. The average molecular weight is 413 g/mol. The number of hydrogen-bond acceptors (Lipinski definition) is 6. The number of nitrogens with zero attached hydrogens (tertiary/aromatic N) is 1. The summed E-state index contributed by atoms with van der Waals surface area (Å²) in [5.41, 5.74) is 2.08. The highest BCUT2D eigenvalue weighted by Crippen LogP contribution is 2.15. The summed E-state index contributed by atoms with van der Waals surface area (Å²) in [5, 5.41) is 0. The number of cyclic esters (lactones) is 1. The molecule has 7 heteroatoms. The van der Waals surface area contributed by atoms with Crippen LogP contribution in [0, 0.1) is 0 Å². The van der Waals surface area contributed by atoms with E-state index >= 15 is 0 Å². The van der Waals surface area contributed by atoms with Crippen LogP contribution < -0.4 is 0 Å². The van der Waals surface area contributed by atoms with Gasteiger partial charge >= 0.3 is 12.1 Å². The summed E-state index contributed by atoms with van der Waals surface area (Å²) in [4.78, 5) is 25.6. The maximum absolute atomic E-state index is 12.3. The van der Waals surface area contributed by atoms with E-state index in [1.54, 1.807) is 0 Å². The summed E-state index contributed by atoms with van der Waals surface area (Å²) < 4.78 is 21.7. The third kappa shape index (κ3) is 6.57. The molecule has 1 amide bonds. The first-order chi connectivity index (χ1) is 14.6. The predicted molar refractivity (Wildman–Crippen MR) is 110 cm³/mol. The van der Waals surface area contributed by atoms with Crippen molar-refractivity contribution < 1.29 is 28.5 Å². The van der Waals surface area contributed by atoms with Gasteiger partial charge in [-0.3, -0.25) is 4.90 Å². The Morgan fingerprint density at radius 3 is 2.47 bits per heavy atom. The van der Waals surface area contributed by atoms with Crippen LogP contribution in [0.2, 0.25) is 0 Å². The van der Waals surface area contributed by atoms with Gasteiger partial charge in [-0.25, -0.2) is 9.59 Å². The molecule has 1 aliphatic rings. The normalized spacial score (nSPS) is 16.9. The summed E-state index contributed by atoms with van der Waals surface area (Å²) in [5.74, 6) is -0.496. The minimum Gasteiger partial charge on any atom is -0.444 e. The number of esters is 1. The number of hydrogen-bond donors (Lipinski definition) is 0. The van der Waals surface area contributed by atoms with Gasteiger partial charge in [0.15, 0.2) is 12.8 Å². The van der Waals surface area contributed by atoms with Crippen molar-refractivity contribution in [1.82, 2.24) is 4.90 Å². The van der Waals surface area contributed by atoms with E-state index in [9.17, 15) is 9.59 Å². The van der Waals surface area contributed by atoms with Crippen molar-refractivity contribution in [3.8, 4) is 0 Å². The predicted octanol–water partition coefficient (Wildman–Crippen LogP) is 3.17. The molecule has 0 radical (unpaired) electrons. The SMILES string of the molecule is CC(COCC1C(=O)OCN1C(=O)OCc1ccccc1)OCCc1ccccc1. The number of rotatable bonds is 10. The van der Waals surface area contributed by atoms with Crippen LogP contribution in [-0.4, -0.2) is 55.7 Å². The van der Waals surface area contributed by atoms with Crippen LogP contribution in [0.3, 0.4) is 0 Å². The molecule has 2 unspecified atom stereocenters. The Bertz CT molecular complexity index is 798. The van der Waals surface area contributed by atoms with Gasteiger partial charge in [0.05, 0.1) is 25.9 Å². The van der Waals surface area contributed by atoms with E-state index in [-0.39, 0.29) is 26.0 Å². The lowest BCUT2D eigenvalue weighted by Crippen LogP contribution is -2.42. The second-order valence-electron chi connectivity index (χ2n) is 7.07. The van der Waals surface area contributed by atoms with Gasteiger partial charge in [0.2, 0.25) is 0 Å². The second-order valence-corrected chi connectivity index (χ2v) is 7.07. The molecule has 0 aromatic heterocycles. The molecule has 2 aromatic rings. The van der Waals surface area contributed by atoms with Crippen molar-refractivity contribution >= 4 is 12.1 Å². The van der Waals surface area contributed by atoms with E-state index in [1.807, 2.05) is 55.5 Å². The zero-order chi connectivity index (χ0) is 21.2. The van der Waals surface area contributed by atoms with Crippen molar-refractivity contribution in [2.24, 2.45) is 0 Å². The Balaban J connectivity index is 1.37. The molecule has 0 saturated carbocycles. The van der Waals surface area contributed by atoms with E-state index in [0.29, 0.717) is 13.2 Å². The Morgan fingerprint density at radius 1 is 1.10 bits per heavy atom. The van der Waals surface area contributed by atoms with E-state index in [4.69, 9.17) is 18.9 Å². The van der Waals surface area contributed by atoms with Gasteiger partial charge in [-0.2, -0.15) is 0 Å². The quantitative estimate of drug-likeness (QED) is 0.557. The third-order valence-corrected chi connectivity index (χ3v) is 4.70. The van der Waals surface area contributed by atoms with E-state index < -0.39 is 18.1 Å². The van der Waals surface area contributed by atoms with Crippen LogP contribution in [0.5, 0.6) is 0 Å². The minimum atomic E-state index is -0.815. The Labute approximate surface area is 176 Å². The maximum atomic E-state index is 12.3. The van der Waals surface area contributed by atoms with Gasteiger partial charge in [0.1, 0.15) is 6.61 Å². The molecule has 0 bridgehead atoms. The maximum Gasteiger partial charge on any atom is 0.413 e. The Kier molecular flexibility index (Phi) is 8.23. The molecule has 1 aliphatic heterocycles. The Hall–Kier alpha value is -2.90. The fourth-order valence-electron chi connectivity index (χ4n) is 3.00. The molecule has 2 aromatic carbocycles. The first kappa shape index (κ1) is 21.8. The number of carbonyl (C=O) groups is 2. The molecular formula is C23H27NO6. The lowest BCUT2D eigenvalue weighted by atomic mass is 10.2. The van der Waals surface area contributed by atoms with Gasteiger partial charge in [-0.15, -0.1) is 0 Å². The van der Waals surface area contributed by atoms with Crippen molar-refractivity contribution in [1.29, 1.82) is 0 Å². The van der Waals surface area contributed by atoms with Gasteiger partial charge in [-0.05, 0) is 24.5 Å². The van der Waals surface area contributed by atoms with Crippen LogP contribution in [0.4, 0.5) is 4.79 Å². The third-order valence-electron chi connectivity index (χ3n) is 4.70. The Morgan fingerprint density at radius 2 is 1.77 bits per heavy atom. The lowest BCUT2D eigenvalue weighted by Gasteiger charge is -2.20.